The lowest BCUT2D eigenvalue weighted by molar-refractivity contribution is -0.276. The van der Waals surface area contributed by atoms with Gasteiger partial charge in [-0.05, 0) is 37.1 Å². The monoisotopic (exact) mass is 463 g/mol. The lowest BCUT2D eigenvalue weighted by atomic mass is 9.43. The Balaban J connectivity index is 1.65. The summed E-state index contributed by atoms with van der Waals surface area (Å²) in [6, 6.07) is 0.206. The van der Waals surface area contributed by atoms with E-state index in [0.717, 1.165) is 38.8 Å². The van der Waals surface area contributed by atoms with E-state index in [4.69, 9.17) is 18.9 Å². The molecule has 1 spiro atoms. The van der Waals surface area contributed by atoms with Crippen LogP contribution >= 0.6 is 0 Å². The second-order valence-corrected chi connectivity index (χ2v) is 12.2. The van der Waals surface area contributed by atoms with Gasteiger partial charge in [-0.3, -0.25) is 9.69 Å². The number of hydrogen-bond acceptors (Lipinski definition) is 7. The molecule has 5 aliphatic carbocycles. The summed E-state index contributed by atoms with van der Waals surface area (Å²) in [4.78, 5) is 15.2. The molecule has 33 heavy (non-hydrogen) atoms. The first-order valence-corrected chi connectivity index (χ1v) is 12.9. The molecular weight excluding hydrogens is 422 g/mol. The predicted octanol–water partition coefficient (Wildman–Crippen LogP) is 2.10. The van der Waals surface area contributed by atoms with E-state index in [-0.39, 0.29) is 70.7 Å². The SMILES string of the molecule is CCN1C[C@]2(C)CC[C@H](OC)[C@]34C1[C@H]([C@H](OC(C)=O)[C@H]23)[C@@]1(OC)C[C@H](OC)[C@H]2C[C@@H]4[C@@H]1[C@H]2O. The fourth-order valence-corrected chi connectivity index (χ4v) is 11.1. The second-order valence-electron chi connectivity index (χ2n) is 12.2. The van der Waals surface area contributed by atoms with Crippen LogP contribution in [0.5, 0.6) is 0 Å². The number of likely N-dealkylation sites (tertiary alicyclic amines) is 1. The summed E-state index contributed by atoms with van der Waals surface area (Å²) in [6.07, 6.45) is 3.09. The number of aliphatic hydroxyl groups is 1. The predicted molar refractivity (Wildman–Crippen MR) is 120 cm³/mol. The third kappa shape index (κ3) is 2.37. The van der Waals surface area contributed by atoms with Gasteiger partial charge in [-0.15, -0.1) is 0 Å². The van der Waals surface area contributed by atoms with Crippen molar-refractivity contribution in [3.63, 3.8) is 0 Å². The van der Waals surface area contributed by atoms with Crippen LogP contribution in [-0.4, -0.2) is 86.5 Å². The van der Waals surface area contributed by atoms with E-state index in [0.29, 0.717) is 0 Å². The van der Waals surface area contributed by atoms with Crippen LogP contribution in [0.1, 0.15) is 46.5 Å². The molecule has 7 heteroatoms. The molecule has 1 aliphatic heterocycles. The number of esters is 1. The number of nitrogens with zero attached hydrogens (tertiary/aromatic N) is 1. The van der Waals surface area contributed by atoms with Crippen LogP contribution in [0.2, 0.25) is 0 Å². The summed E-state index contributed by atoms with van der Waals surface area (Å²) in [5.74, 6) is 0.364. The zero-order chi connectivity index (χ0) is 23.5. The van der Waals surface area contributed by atoms with Crippen molar-refractivity contribution in [2.75, 3.05) is 34.4 Å². The minimum atomic E-state index is -0.581. The molecule has 13 atom stereocenters. The maximum Gasteiger partial charge on any atom is 0.302 e. The Morgan fingerprint density at radius 1 is 1.18 bits per heavy atom. The van der Waals surface area contributed by atoms with Crippen LogP contribution in [0.25, 0.3) is 0 Å². The van der Waals surface area contributed by atoms with E-state index < -0.39 is 11.7 Å². The summed E-state index contributed by atoms with van der Waals surface area (Å²) in [5, 5.41) is 11.7. The van der Waals surface area contributed by atoms with Crippen LogP contribution < -0.4 is 0 Å². The summed E-state index contributed by atoms with van der Waals surface area (Å²) in [6.45, 7) is 8.17. The molecule has 6 aliphatic rings. The molecule has 6 rings (SSSR count). The molecule has 6 fully saturated rings. The lowest BCUT2D eigenvalue weighted by Crippen LogP contribution is -2.76. The molecule has 7 bridgehead atoms. The van der Waals surface area contributed by atoms with Gasteiger partial charge < -0.3 is 24.1 Å². The molecule has 0 aromatic heterocycles. The van der Waals surface area contributed by atoms with Crippen molar-refractivity contribution in [1.82, 2.24) is 4.90 Å². The van der Waals surface area contributed by atoms with E-state index in [1.807, 2.05) is 7.11 Å². The topological polar surface area (TPSA) is 77.5 Å². The smallest absolute Gasteiger partial charge is 0.302 e. The van der Waals surface area contributed by atoms with Crippen molar-refractivity contribution >= 4 is 5.97 Å². The standard InChI is InChI=1S/C26H41NO6/c1-7-27-12-24(3)9-8-17(31-5)26-15-10-14-16(30-4)11-25(32-6,18(15)20(14)29)19(23(26)27)21(22(24)26)33-13(2)28/h14-23,29H,7-12H2,1-6H3/t14-,15-,16+,17+,18-,19+,20+,21+,22-,23?,24+,25-,26+/m1/s1. The highest BCUT2D eigenvalue weighted by Gasteiger charge is 2.86. The van der Waals surface area contributed by atoms with E-state index in [1.165, 1.54) is 6.92 Å². The van der Waals surface area contributed by atoms with Gasteiger partial charge in [-0.25, -0.2) is 0 Å². The van der Waals surface area contributed by atoms with Gasteiger partial charge in [0.25, 0.3) is 0 Å². The molecule has 0 radical (unpaired) electrons. The van der Waals surface area contributed by atoms with E-state index >= 15 is 0 Å². The molecular formula is C26H41NO6. The highest BCUT2D eigenvalue weighted by Crippen LogP contribution is 2.79. The van der Waals surface area contributed by atoms with Crippen molar-refractivity contribution in [3.8, 4) is 0 Å². The van der Waals surface area contributed by atoms with Crippen LogP contribution in [0, 0.1) is 40.4 Å². The number of carbonyl (C=O) groups excluding carboxylic acids is 1. The fourth-order valence-electron chi connectivity index (χ4n) is 11.1. The first-order chi connectivity index (χ1) is 15.7. The Kier molecular flexibility index (Phi) is 4.93. The summed E-state index contributed by atoms with van der Waals surface area (Å²) >= 11 is 0. The number of methoxy groups -OCH3 is 3. The summed E-state index contributed by atoms with van der Waals surface area (Å²) in [7, 11) is 5.42. The second kappa shape index (κ2) is 7.16. The van der Waals surface area contributed by atoms with Gasteiger partial charge in [0.05, 0.1) is 23.9 Å². The maximum atomic E-state index is 12.5. The summed E-state index contributed by atoms with van der Waals surface area (Å²) < 4.78 is 25.3. The van der Waals surface area contributed by atoms with Crippen LogP contribution in [0.3, 0.4) is 0 Å². The number of ether oxygens (including phenoxy) is 4. The van der Waals surface area contributed by atoms with Crippen molar-refractivity contribution in [2.45, 2.75) is 82.5 Å². The average Bonchev–Trinajstić information content (AvgIpc) is 3.17. The Bertz CT molecular complexity index is 838. The minimum Gasteiger partial charge on any atom is -0.462 e. The lowest BCUT2D eigenvalue weighted by Gasteiger charge is -2.69. The molecule has 1 unspecified atom stereocenters. The number of rotatable bonds is 5. The number of piperidine rings is 1. The molecule has 1 saturated heterocycles. The quantitative estimate of drug-likeness (QED) is 0.626. The molecule has 5 saturated carbocycles. The van der Waals surface area contributed by atoms with Gasteiger partial charge in [0.15, 0.2) is 0 Å². The van der Waals surface area contributed by atoms with Crippen LogP contribution in [0.15, 0.2) is 0 Å². The van der Waals surface area contributed by atoms with Crippen molar-refractivity contribution in [1.29, 1.82) is 0 Å². The minimum absolute atomic E-state index is 0.0125. The zero-order valence-corrected chi connectivity index (χ0v) is 21.0. The summed E-state index contributed by atoms with van der Waals surface area (Å²) in [5.41, 5.74) is -0.707. The van der Waals surface area contributed by atoms with Crippen molar-refractivity contribution < 1.29 is 28.8 Å². The Hall–Kier alpha value is -0.730. The average molecular weight is 464 g/mol. The first kappa shape index (κ1) is 22.7. The largest absolute Gasteiger partial charge is 0.462 e. The van der Waals surface area contributed by atoms with Crippen molar-refractivity contribution in [3.05, 3.63) is 0 Å². The van der Waals surface area contributed by atoms with Gasteiger partial charge in [0.1, 0.15) is 6.10 Å². The van der Waals surface area contributed by atoms with Gasteiger partial charge >= 0.3 is 5.97 Å². The highest BCUT2D eigenvalue weighted by atomic mass is 16.6. The Labute approximate surface area is 197 Å². The molecule has 0 aromatic carbocycles. The van der Waals surface area contributed by atoms with Gasteiger partial charge in [-0.1, -0.05) is 13.8 Å². The van der Waals surface area contributed by atoms with Crippen molar-refractivity contribution in [2.24, 2.45) is 40.4 Å². The van der Waals surface area contributed by atoms with Crippen LogP contribution in [0.4, 0.5) is 0 Å². The molecule has 0 amide bonds. The molecule has 186 valence electrons. The van der Waals surface area contributed by atoms with Gasteiger partial charge in [-0.2, -0.15) is 0 Å². The maximum absolute atomic E-state index is 12.5. The van der Waals surface area contributed by atoms with Gasteiger partial charge in [0, 0.05) is 76.3 Å². The first-order valence-electron chi connectivity index (χ1n) is 12.9. The third-order valence-electron chi connectivity index (χ3n) is 11.5. The zero-order valence-electron chi connectivity index (χ0n) is 21.0. The Morgan fingerprint density at radius 2 is 1.94 bits per heavy atom. The molecule has 7 nitrogen and oxygen atoms in total. The molecule has 1 N–H and O–H groups in total. The third-order valence-corrected chi connectivity index (χ3v) is 11.5. The number of fused-ring (bicyclic) bond motifs is 2. The number of hydrogen-bond donors (Lipinski definition) is 1. The highest BCUT2D eigenvalue weighted by molar-refractivity contribution is 5.66. The molecule has 1 heterocycles. The number of aliphatic hydroxyl groups excluding tert-OH is 1. The van der Waals surface area contributed by atoms with E-state index in [1.54, 1.807) is 14.2 Å². The fraction of sp³-hybridized carbons (Fsp3) is 0.962. The normalized spacial score (nSPS) is 58.4. The number of carbonyl (C=O) groups is 1. The van der Waals surface area contributed by atoms with E-state index in [2.05, 4.69) is 18.7 Å². The van der Waals surface area contributed by atoms with E-state index in [9.17, 15) is 9.90 Å². The van der Waals surface area contributed by atoms with Gasteiger partial charge in [0.2, 0.25) is 0 Å². The molecule has 0 aromatic rings. The Morgan fingerprint density at radius 3 is 2.55 bits per heavy atom. The van der Waals surface area contributed by atoms with Crippen LogP contribution in [-0.2, 0) is 23.7 Å².